The molecule has 0 aliphatic carbocycles. The summed E-state index contributed by atoms with van der Waals surface area (Å²) in [5, 5.41) is 0. The van der Waals surface area contributed by atoms with Gasteiger partial charge in [0.15, 0.2) is 0 Å². The van der Waals surface area contributed by atoms with E-state index in [-0.39, 0.29) is 10.6 Å². The van der Waals surface area contributed by atoms with Crippen molar-refractivity contribution >= 4 is 21.4 Å². The number of benzene rings is 2. The number of anilines is 2. The van der Waals surface area contributed by atoms with Gasteiger partial charge >= 0.3 is 0 Å². The molecular formula is C15H15FN2O2S. The Hall–Kier alpha value is -2.08. The van der Waals surface area contributed by atoms with Crippen LogP contribution in [0.1, 0.15) is 12.0 Å². The van der Waals surface area contributed by atoms with E-state index in [1.807, 2.05) is 12.1 Å². The fourth-order valence-corrected chi connectivity index (χ4v) is 4.27. The summed E-state index contributed by atoms with van der Waals surface area (Å²) in [5.41, 5.74) is 7.40. The Bertz CT molecular complexity index is 790. The highest BCUT2D eigenvalue weighted by molar-refractivity contribution is 7.93. The van der Waals surface area contributed by atoms with Gasteiger partial charge in [-0.2, -0.15) is 0 Å². The molecule has 0 amide bonds. The quantitative estimate of drug-likeness (QED) is 0.867. The number of sulfonamides is 1. The van der Waals surface area contributed by atoms with Gasteiger partial charge in [-0.3, -0.25) is 4.31 Å². The largest absolute Gasteiger partial charge is 0.398 e. The van der Waals surface area contributed by atoms with Crippen molar-refractivity contribution in [2.24, 2.45) is 0 Å². The molecule has 6 heteroatoms. The van der Waals surface area contributed by atoms with Crippen molar-refractivity contribution in [3.8, 4) is 0 Å². The molecule has 0 saturated carbocycles. The number of hydrogen-bond acceptors (Lipinski definition) is 3. The van der Waals surface area contributed by atoms with Crippen LogP contribution >= 0.6 is 0 Å². The number of halogens is 1. The van der Waals surface area contributed by atoms with Crippen molar-refractivity contribution in [1.29, 1.82) is 0 Å². The van der Waals surface area contributed by atoms with Crippen molar-refractivity contribution in [3.63, 3.8) is 0 Å². The Morgan fingerprint density at radius 1 is 1.14 bits per heavy atom. The molecule has 0 saturated heterocycles. The monoisotopic (exact) mass is 306 g/mol. The molecule has 2 aromatic rings. The topological polar surface area (TPSA) is 63.4 Å². The number of fused-ring (bicyclic) bond motifs is 1. The average molecular weight is 306 g/mol. The minimum Gasteiger partial charge on any atom is -0.398 e. The van der Waals surface area contributed by atoms with Gasteiger partial charge in [-0.05, 0) is 42.7 Å². The molecule has 0 spiro atoms. The fourth-order valence-electron chi connectivity index (χ4n) is 2.60. The molecule has 1 aliphatic heterocycles. The first kappa shape index (κ1) is 13.9. The van der Waals surface area contributed by atoms with Gasteiger partial charge < -0.3 is 5.73 Å². The third kappa shape index (κ3) is 2.35. The van der Waals surface area contributed by atoms with Gasteiger partial charge in [0, 0.05) is 6.54 Å². The summed E-state index contributed by atoms with van der Waals surface area (Å²) in [6, 6.07) is 10.7. The Kier molecular flexibility index (Phi) is 3.33. The molecule has 0 bridgehead atoms. The highest BCUT2D eigenvalue weighted by atomic mass is 32.2. The van der Waals surface area contributed by atoms with Crippen LogP contribution in [-0.4, -0.2) is 15.0 Å². The summed E-state index contributed by atoms with van der Waals surface area (Å²) in [4.78, 5) is -0.181. The average Bonchev–Trinajstić information content (AvgIpc) is 2.49. The van der Waals surface area contributed by atoms with E-state index in [1.165, 1.54) is 10.4 Å². The second-order valence-electron chi connectivity index (χ2n) is 4.99. The van der Waals surface area contributed by atoms with E-state index in [0.29, 0.717) is 12.2 Å². The standard InChI is InChI=1S/C15H15FN2O2S/c16-12-7-8-13(17)15(10-12)21(19,20)18-9-3-5-11-4-1-2-6-14(11)18/h1-2,4,6-8,10H,3,5,9,17H2. The zero-order valence-electron chi connectivity index (χ0n) is 11.3. The minimum absolute atomic E-state index is 0.0551. The lowest BCUT2D eigenvalue weighted by Crippen LogP contribution is -2.35. The molecule has 0 aromatic heterocycles. The molecule has 0 radical (unpaired) electrons. The van der Waals surface area contributed by atoms with E-state index < -0.39 is 15.8 Å². The third-order valence-electron chi connectivity index (χ3n) is 3.61. The van der Waals surface area contributed by atoms with E-state index in [0.717, 1.165) is 30.5 Å². The first-order chi connectivity index (χ1) is 10.00. The van der Waals surface area contributed by atoms with Crippen molar-refractivity contribution in [1.82, 2.24) is 0 Å². The van der Waals surface area contributed by atoms with Gasteiger partial charge in [0.25, 0.3) is 10.0 Å². The van der Waals surface area contributed by atoms with Crippen LogP contribution in [0.5, 0.6) is 0 Å². The lowest BCUT2D eigenvalue weighted by molar-refractivity contribution is 0.583. The van der Waals surface area contributed by atoms with Crippen LogP contribution in [0.25, 0.3) is 0 Å². The summed E-state index contributed by atoms with van der Waals surface area (Å²) in [5.74, 6) is -0.618. The molecule has 0 unspecified atom stereocenters. The summed E-state index contributed by atoms with van der Waals surface area (Å²) < 4.78 is 40.3. The second-order valence-corrected chi connectivity index (χ2v) is 6.82. The van der Waals surface area contributed by atoms with Crippen molar-refractivity contribution in [3.05, 3.63) is 53.8 Å². The number of nitrogen functional groups attached to an aromatic ring is 1. The van der Waals surface area contributed by atoms with Gasteiger partial charge in [-0.15, -0.1) is 0 Å². The first-order valence-corrected chi connectivity index (χ1v) is 8.10. The maximum atomic E-state index is 13.4. The van der Waals surface area contributed by atoms with E-state index >= 15 is 0 Å². The molecule has 4 nitrogen and oxygen atoms in total. The van der Waals surface area contributed by atoms with Crippen LogP contribution in [0.15, 0.2) is 47.4 Å². The zero-order chi connectivity index (χ0) is 15.0. The van der Waals surface area contributed by atoms with Crippen molar-refractivity contribution in [2.45, 2.75) is 17.7 Å². The summed E-state index contributed by atoms with van der Waals surface area (Å²) in [6.45, 7) is 0.370. The number of rotatable bonds is 2. The number of nitrogens with two attached hydrogens (primary N) is 1. The number of aryl methyl sites for hydroxylation is 1. The Morgan fingerprint density at radius 3 is 2.71 bits per heavy atom. The van der Waals surface area contributed by atoms with Crippen LogP contribution in [0.3, 0.4) is 0 Å². The molecule has 0 fully saturated rings. The number of hydrogen-bond donors (Lipinski definition) is 1. The second kappa shape index (κ2) is 5.04. The maximum absolute atomic E-state index is 13.4. The predicted molar refractivity (Wildman–Crippen MR) is 80.1 cm³/mol. The molecule has 2 aromatic carbocycles. The number of para-hydroxylation sites is 1. The molecule has 110 valence electrons. The highest BCUT2D eigenvalue weighted by Gasteiger charge is 2.30. The van der Waals surface area contributed by atoms with E-state index in [2.05, 4.69) is 0 Å². The van der Waals surface area contributed by atoms with Crippen LogP contribution in [0, 0.1) is 5.82 Å². The van der Waals surface area contributed by atoms with Gasteiger partial charge in [0.1, 0.15) is 10.7 Å². The van der Waals surface area contributed by atoms with E-state index in [1.54, 1.807) is 12.1 Å². The summed E-state index contributed by atoms with van der Waals surface area (Å²) >= 11 is 0. The van der Waals surface area contributed by atoms with E-state index in [9.17, 15) is 12.8 Å². The van der Waals surface area contributed by atoms with E-state index in [4.69, 9.17) is 5.73 Å². The molecule has 1 heterocycles. The Balaban J connectivity index is 2.14. The lowest BCUT2D eigenvalue weighted by atomic mass is 10.0. The van der Waals surface area contributed by atoms with Crippen molar-refractivity contribution < 1.29 is 12.8 Å². The highest BCUT2D eigenvalue weighted by Crippen LogP contribution is 2.33. The molecule has 0 atom stereocenters. The molecule has 21 heavy (non-hydrogen) atoms. The normalized spacial score (nSPS) is 14.8. The smallest absolute Gasteiger partial charge is 0.266 e. The maximum Gasteiger partial charge on any atom is 0.266 e. The minimum atomic E-state index is -3.86. The van der Waals surface area contributed by atoms with Gasteiger partial charge in [-0.1, -0.05) is 18.2 Å². The molecule has 1 aliphatic rings. The van der Waals surface area contributed by atoms with Crippen molar-refractivity contribution in [2.75, 3.05) is 16.6 Å². The van der Waals surface area contributed by atoms with Crippen LogP contribution in [-0.2, 0) is 16.4 Å². The molecule has 3 rings (SSSR count). The van der Waals surface area contributed by atoms with Gasteiger partial charge in [0.2, 0.25) is 0 Å². The van der Waals surface area contributed by atoms with Gasteiger partial charge in [0.05, 0.1) is 11.4 Å². The van der Waals surface area contributed by atoms with Crippen LogP contribution < -0.4 is 10.0 Å². The lowest BCUT2D eigenvalue weighted by Gasteiger charge is -2.30. The molecule has 2 N–H and O–H groups in total. The number of nitrogens with zero attached hydrogens (tertiary/aromatic N) is 1. The first-order valence-electron chi connectivity index (χ1n) is 6.66. The Morgan fingerprint density at radius 2 is 1.90 bits per heavy atom. The third-order valence-corrected chi connectivity index (χ3v) is 5.48. The Labute approximate surface area is 123 Å². The predicted octanol–water partition coefficient (Wildman–Crippen LogP) is 2.55. The molecular weight excluding hydrogens is 291 g/mol. The van der Waals surface area contributed by atoms with Gasteiger partial charge in [-0.25, -0.2) is 12.8 Å². The summed E-state index contributed by atoms with van der Waals surface area (Å²) in [6.07, 6.45) is 1.56. The van der Waals surface area contributed by atoms with Crippen LogP contribution in [0.4, 0.5) is 15.8 Å². The fraction of sp³-hybridized carbons (Fsp3) is 0.200. The van der Waals surface area contributed by atoms with Crippen LogP contribution in [0.2, 0.25) is 0 Å². The zero-order valence-corrected chi connectivity index (χ0v) is 12.1. The summed E-state index contributed by atoms with van der Waals surface area (Å²) in [7, 11) is -3.86. The SMILES string of the molecule is Nc1ccc(F)cc1S(=O)(=O)N1CCCc2ccccc21.